The summed E-state index contributed by atoms with van der Waals surface area (Å²) < 4.78 is 7.68. The van der Waals surface area contributed by atoms with E-state index in [9.17, 15) is 9.59 Å². The average molecular weight is 556 g/mol. The van der Waals surface area contributed by atoms with Crippen molar-refractivity contribution in [1.82, 2.24) is 5.01 Å². The summed E-state index contributed by atoms with van der Waals surface area (Å²) in [6, 6.07) is 13.7. The number of hydrazone groups is 1. The van der Waals surface area contributed by atoms with Crippen molar-refractivity contribution >= 4 is 49.9 Å². The van der Waals surface area contributed by atoms with Gasteiger partial charge in [0.05, 0.1) is 22.5 Å². The molecule has 0 N–H and O–H groups in total. The summed E-state index contributed by atoms with van der Waals surface area (Å²) in [7, 11) is 0. The van der Waals surface area contributed by atoms with Gasteiger partial charge in [-0.05, 0) is 63.7 Å². The van der Waals surface area contributed by atoms with Crippen molar-refractivity contribution in [2.45, 2.75) is 13.0 Å². The van der Waals surface area contributed by atoms with Crippen LogP contribution in [-0.4, -0.2) is 23.0 Å². The van der Waals surface area contributed by atoms with Crippen molar-refractivity contribution in [2.75, 3.05) is 0 Å². The second-order valence-electron chi connectivity index (χ2n) is 8.97. The number of amides is 2. The van der Waals surface area contributed by atoms with Crippen molar-refractivity contribution in [3.05, 3.63) is 74.7 Å². The Balaban J connectivity index is 1.27. The van der Waals surface area contributed by atoms with Crippen LogP contribution >= 0.6 is 31.9 Å². The number of imide groups is 1. The van der Waals surface area contributed by atoms with Gasteiger partial charge in [-0.15, -0.1) is 0 Å². The third-order valence-electron chi connectivity index (χ3n) is 7.21. The Labute approximate surface area is 202 Å². The fourth-order valence-electron chi connectivity index (χ4n) is 5.73. The van der Waals surface area contributed by atoms with E-state index >= 15 is 0 Å². The molecule has 2 amide bonds. The lowest BCUT2D eigenvalue weighted by molar-refractivity contribution is -0.140. The number of rotatable bonds is 5. The minimum absolute atomic E-state index is 0.165. The summed E-state index contributed by atoms with van der Waals surface area (Å²) in [5.74, 6) is 1.32. The van der Waals surface area contributed by atoms with E-state index in [0.717, 1.165) is 25.9 Å². The Kier molecular flexibility index (Phi) is 4.88. The highest BCUT2D eigenvalue weighted by molar-refractivity contribution is 9.11. The second kappa shape index (κ2) is 7.66. The zero-order valence-electron chi connectivity index (χ0n) is 17.0. The summed E-state index contributed by atoms with van der Waals surface area (Å²) >= 11 is 7.06. The summed E-state index contributed by atoms with van der Waals surface area (Å²) in [5, 5.41) is 5.47. The van der Waals surface area contributed by atoms with Gasteiger partial charge < -0.3 is 4.74 Å². The highest BCUT2D eigenvalue weighted by Gasteiger charge is 2.67. The fourth-order valence-corrected chi connectivity index (χ4v) is 7.11. The minimum atomic E-state index is -0.249. The van der Waals surface area contributed by atoms with Gasteiger partial charge in [-0.2, -0.15) is 10.1 Å². The van der Waals surface area contributed by atoms with E-state index in [4.69, 9.17) is 4.74 Å². The molecule has 7 rings (SSSR count). The predicted octanol–water partition coefficient (Wildman–Crippen LogP) is 5.18. The number of hydrogen-bond acceptors (Lipinski definition) is 4. The number of hydrogen-bond donors (Lipinski definition) is 0. The summed E-state index contributed by atoms with van der Waals surface area (Å²) in [6.07, 6.45) is 7.03. The molecule has 2 aromatic carbocycles. The fraction of sp³-hybridized carbons (Fsp3) is 0.320. The number of carbonyl (C=O) groups excluding carboxylic acids is 2. The van der Waals surface area contributed by atoms with E-state index < -0.39 is 0 Å². The molecule has 3 fully saturated rings. The lowest BCUT2D eigenvalue weighted by Gasteiger charge is -2.37. The second-order valence-corrected chi connectivity index (χ2v) is 10.7. The highest BCUT2D eigenvalue weighted by atomic mass is 79.9. The largest absolute Gasteiger partial charge is 0.487 e. The Morgan fingerprint density at radius 2 is 1.66 bits per heavy atom. The van der Waals surface area contributed by atoms with Crippen LogP contribution in [0, 0.1) is 35.5 Å². The van der Waals surface area contributed by atoms with Crippen molar-refractivity contribution in [2.24, 2.45) is 40.6 Å². The van der Waals surface area contributed by atoms with Gasteiger partial charge in [0, 0.05) is 10.0 Å². The van der Waals surface area contributed by atoms with Gasteiger partial charge in [-0.1, -0.05) is 58.4 Å². The molecule has 32 heavy (non-hydrogen) atoms. The third-order valence-corrected chi connectivity index (χ3v) is 8.26. The number of ether oxygens (including phenoxy) is 1. The summed E-state index contributed by atoms with van der Waals surface area (Å²) in [6.45, 7) is 0.394. The molecule has 5 nitrogen and oxygen atoms in total. The van der Waals surface area contributed by atoms with Crippen LogP contribution in [0.2, 0.25) is 0 Å². The Morgan fingerprint density at radius 3 is 2.31 bits per heavy atom. The van der Waals surface area contributed by atoms with Crippen LogP contribution in [-0.2, 0) is 16.2 Å². The molecule has 1 saturated heterocycles. The Hall–Kier alpha value is -2.25. The standard InChI is InChI=1S/C25H20Br2N2O3/c26-15-8-14(23(20(27)9-15)32-12-13-4-2-1-3-5-13)11-28-29-24(30)21-16-6-7-17(19-10-18(16)19)22(21)25(29)31/h1-9,11,16-19,21-22H,10,12H2/t16-,17-,18-,19-,21-,22+/m0/s1. The maximum absolute atomic E-state index is 13.2. The third kappa shape index (κ3) is 3.20. The molecule has 0 radical (unpaired) electrons. The topological polar surface area (TPSA) is 59.0 Å². The maximum Gasteiger partial charge on any atom is 0.254 e. The Morgan fingerprint density at radius 1 is 1.00 bits per heavy atom. The molecule has 162 valence electrons. The molecule has 1 aliphatic heterocycles. The van der Waals surface area contributed by atoms with E-state index in [-0.39, 0.29) is 35.5 Å². The van der Waals surface area contributed by atoms with E-state index in [1.54, 1.807) is 6.21 Å². The normalized spacial score (nSPS) is 31.9. The molecule has 0 aromatic heterocycles. The van der Waals surface area contributed by atoms with Gasteiger partial charge in [0.2, 0.25) is 0 Å². The van der Waals surface area contributed by atoms with Gasteiger partial charge in [0.1, 0.15) is 12.4 Å². The van der Waals surface area contributed by atoms with Crippen LogP contribution in [0.5, 0.6) is 5.75 Å². The molecule has 7 heteroatoms. The molecule has 2 aromatic rings. The zero-order chi connectivity index (χ0) is 22.0. The minimum Gasteiger partial charge on any atom is -0.487 e. The molecule has 2 saturated carbocycles. The molecule has 1 heterocycles. The van der Waals surface area contributed by atoms with Crippen molar-refractivity contribution in [1.29, 1.82) is 0 Å². The molecule has 6 atom stereocenters. The van der Waals surface area contributed by atoms with Gasteiger partial charge in [0.25, 0.3) is 11.8 Å². The first-order valence-electron chi connectivity index (χ1n) is 10.8. The number of nitrogens with zero attached hydrogens (tertiary/aromatic N) is 2. The van der Waals surface area contributed by atoms with E-state index in [1.165, 1.54) is 0 Å². The van der Waals surface area contributed by atoms with Crippen molar-refractivity contribution in [3.63, 3.8) is 0 Å². The molecule has 4 aliphatic carbocycles. The predicted molar refractivity (Wildman–Crippen MR) is 127 cm³/mol. The van der Waals surface area contributed by atoms with Crippen LogP contribution in [0.3, 0.4) is 0 Å². The SMILES string of the molecule is O=C1[C@@H]2[C@H]3C=C[C@@H]([C@@H]4C[C@@H]34)[C@@H]2C(=O)N1N=Cc1cc(Br)cc(Br)c1OCc1ccccc1. The average Bonchev–Trinajstić information content (AvgIpc) is 3.57. The zero-order valence-corrected chi connectivity index (χ0v) is 20.2. The van der Waals surface area contributed by atoms with Gasteiger partial charge >= 0.3 is 0 Å². The van der Waals surface area contributed by atoms with Crippen LogP contribution in [0.25, 0.3) is 0 Å². The lowest BCUT2D eigenvalue weighted by atomic mass is 9.63. The first kappa shape index (κ1) is 20.4. The van der Waals surface area contributed by atoms with Crippen LogP contribution in [0.4, 0.5) is 0 Å². The number of halogens is 2. The van der Waals surface area contributed by atoms with E-state index in [2.05, 4.69) is 49.1 Å². The smallest absolute Gasteiger partial charge is 0.254 e. The van der Waals surface area contributed by atoms with Gasteiger partial charge in [-0.25, -0.2) is 0 Å². The van der Waals surface area contributed by atoms with E-state index in [0.29, 0.717) is 29.8 Å². The molecular weight excluding hydrogens is 536 g/mol. The number of allylic oxidation sites excluding steroid dienone is 2. The van der Waals surface area contributed by atoms with Gasteiger partial charge in [0.15, 0.2) is 0 Å². The van der Waals surface area contributed by atoms with Crippen LogP contribution < -0.4 is 4.74 Å². The van der Waals surface area contributed by atoms with Gasteiger partial charge in [-0.3, -0.25) is 9.59 Å². The summed E-state index contributed by atoms with van der Waals surface area (Å²) in [4.78, 5) is 26.3. The number of benzene rings is 2. The summed E-state index contributed by atoms with van der Waals surface area (Å²) in [5.41, 5.74) is 1.72. The molecule has 0 spiro atoms. The van der Waals surface area contributed by atoms with E-state index in [1.807, 2.05) is 42.5 Å². The molecule has 0 unspecified atom stereocenters. The van der Waals surface area contributed by atoms with Crippen molar-refractivity contribution < 1.29 is 14.3 Å². The van der Waals surface area contributed by atoms with Crippen molar-refractivity contribution in [3.8, 4) is 5.75 Å². The highest BCUT2D eigenvalue weighted by Crippen LogP contribution is 2.65. The quantitative estimate of drug-likeness (QED) is 0.290. The maximum atomic E-state index is 13.2. The molecular formula is C25H20Br2N2O3. The molecule has 5 aliphatic rings. The Bertz CT molecular complexity index is 1140. The van der Waals surface area contributed by atoms with Crippen LogP contribution in [0.1, 0.15) is 17.5 Å². The molecule has 2 bridgehead atoms. The van der Waals surface area contributed by atoms with Crippen LogP contribution in [0.15, 0.2) is 68.7 Å². The monoisotopic (exact) mass is 554 g/mol. The number of carbonyl (C=O) groups is 2. The first-order valence-corrected chi connectivity index (χ1v) is 12.4. The first-order chi connectivity index (χ1) is 15.5. The lowest BCUT2D eigenvalue weighted by Crippen LogP contribution is -2.40.